The molecule has 0 N–H and O–H groups in total. The molecular weight excluding hydrogens is 265 g/mol. The quantitative estimate of drug-likeness (QED) is 0.745. The summed E-state index contributed by atoms with van der Waals surface area (Å²) in [5, 5.41) is 3.72. The lowest BCUT2D eigenvalue weighted by Crippen LogP contribution is -1.74. The van der Waals surface area contributed by atoms with Crippen LogP contribution < -0.4 is 0 Å². The Balaban J connectivity index is 2.51. The summed E-state index contributed by atoms with van der Waals surface area (Å²) >= 11 is 2.20. The highest BCUT2D eigenvalue weighted by molar-refractivity contribution is 14.1. The van der Waals surface area contributed by atoms with E-state index in [-0.39, 0.29) is 0 Å². The summed E-state index contributed by atoms with van der Waals surface area (Å²) in [6, 6.07) is 9.94. The topological polar surface area (TPSA) is 26.0 Å². The Bertz CT molecular complexity index is 369. The molecule has 3 heteroatoms. The zero-order chi connectivity index (χ0) is 8.39. The van der Waals surface area contributed by atoms with E-state index >= 15 is 0 Å². The van der Waals surface area contributed by atoms with Gasteiger partial charge in [0, 0.05) is 5.56 Å². The molecule has 12 heavy (non-hydrogen) atoms. The molecule has 0 bridgehead atoms. The summed E-state index contributed by atoms with van der Waals surface area (Å²) in [6.45, 7) is 0. The molecule has 2 nitrogen and oxygen atoms in total. The molecule has 0 aliphatic carbocycles. The van der Waals surface area contributed by atoms with E-state index in [4.69, 9.17) is 4.52 Å². The van der Waals surface area contributed by atoms with Crippen molar-refractivity contribution in [2.75, 3.05) is 0 Å². The van der Waals surface area contributed by atoms with Gasteiger partial charge in [0.2, 0.25) is 0 Å². The number of hydrogen-bond donors (Lipinski definition) is 0. The number of rotatable bonds is 1. The zero-order valence-electron chi connectivity index (χ0n) is 6.20. The van der Waals surface area contributed by atoms with Crippen LogP contribution in [0, 0.1) is 3.57 Å². The minimum atomic E-state index is 0.844. The Morgan fingerprint density at radius 3 is 2.50 bits per heavy atom. The van der Waals surface area contributed by atoms with Crippen LogP contribution in [-0.2, 0) is 0 Å². The van der Waals surface area contributed by atoms with E-state index in [1.54, 1.807) is 6.20 Å². The molecule has 0 aliphatic rings. The molecular formula is C9H6INO. The van der Waals surface area contributed by atoms with Gasteiger partial charge in [0.1, 0.15) is 0 Å². The first-order chi connectivity index (χ1) is 5.88. The summed E-state index contributed by atoms with van der Waals surface area (Å²) in [4.78, 5) is 0. The highest BCUT2D eigenvalue weighted by Crippen LogP contribution is 2.23. The minimum Gasteiger partial charge on any atom is -0.355 e. The molecule has 0 amide bonds. The lowest BCUT2D eigenvalue weighted by molar-refractivity contribution is 0.432. The molecule has 0 saturated heterocycles. The molecule has 0 fully saturated rings. The van der Waals surface area contributed by atoms with E-state index in [1.807, 2.05) is 30.3 Å². The Kier molecular flexibility index (Phi) is 2.12. The van der Waals surface area contributed by atoms with Crippen LogP contribution in [0.2, 0.25) is 0 Å². The molecule has 1 heterocycles. The van der Waals surface area contributed by atoms with E-state index in [0.717, 1.165) is 14.9 Å². The third kappa shape index (κ3) is 1.36. The summed E-state index contributed by atoms with van der Waals surface area (Å²) in [5.74, 6) is 0.844. The fraction of sp³-hybridized carbons (Fsp3) is 0. The van der Waals surface area contributed by atoms with E-state index in [2.05, 4.69) is 27.7 Å². The van der Waals surface area contributed by atoms with Crippen molar-refractivity contribution in [1.82, 2.24) is 5.16 Å². The van der Waals surface area contributed by atoms with Crippen molar-refractivity contribution < 1.29 is 4.52 Å². The van der Waals surface area contributed by atoms with Crippen molar-refractivity contribution in [3.63, 3.8) is 0 Å². The van der Waals surface area contributed by atoms with Gasteiger partial charge in [-0.25, -0.2) is 0 Å². The average molecular weight is 271 g/mol. The highest BCUT2D eigenvalue weighted by Gasteiger charge is 2.05. The van der Waals surface area contributed by atoms with Crippen molar-refractivity contribution in [2.45, 2.75) is 0 Å². The molecule has 2 rings (SSSR count). The lowest BCUT2D eigenvalue weighted by atomic mass is 10.2. The van der Waals surface area contributed by atoms with Gasteiger partial charge < -0.3 is 4.52 Å². The third-order valence-electron chi connectivity index (χ3n) is 1.56. The molecule has 1 aromatic heterocycles. The van der Waals surface area contributed by atoms with Crippen molar-refractivity contribution >= 4 is 22.6 Å². The van der Waals surface area contributed by atoms with Crippen molar-refractivity contribution in [1.29, 1.82) is 0 Å². The van der Waals surface area contributed by atoms with Crippen LogP contribution in [0.1, 0.15) is 0 Å². The van der Waals surface area contributed by atoms with Crippen LogP contribution in [0.25, 0.3) is 11.3 Å². The Morgan fingerprint density at radius 2 is 1.92 bits per heavy atom. The Hall–Kier alpha value is -0.840. The first kappa shape index (κ1) is 7.79. The second kappa shape index (κ2) is 3.26. The SMILES string of the molecule is Ic1cnoc1-c1ccccc1. The van der Waals surface area contributed by atoms with E-state index < -0.39 is 0 Å². The van der Waals surface area contributed by atoms with Gasteiger partial charge in [0.25, 0.3) is 0 Å². The molecule has 60 valence electrons. The number of aromatic nitrogens is 1. The van der Waals surface area contributed by atoms with Crippen molar-refractivity contribution in [2.24, 2.45) is 0 Å². The Labute approximate surface area is 83.7 Å². The van der Waals surface area contributed by atoms with Gasteiger partial charge in [-0.15, -0.1) is 0 Å². The fourth-order valence-corrected chi connectivity index (χ4v) is 1.53. The van der Waals surface area contributed by atoms with E-state index in [9.17, 15) is 0 Å². The monoisotopic (exact) mass is 271 g/mol. The van der Waals surface area contributed by atoms with E-state index in [1.165, 1.54) is 0 Å². The smallest absolute Gasteiger partial charge is 0.180 e. The van der Waals surface area contributed by atoms with Gasteiger partial charge >= 0.3 is 0 Å². The maximum Gasteiger partial charge on any atom is 0.180 e. The highest BCUT2D eigenvalue weighted by atomic mass is 127. The average Bonchev–Trinajstić information content (AvgIpc) is 2.53. The standard InChI is InChI=1S/C9H6INO/c10-8-6-11-12-9(8)7-4-2-1-3-5-7/h1-6H. The molecule has 0 radical (unpaired) electrons. The first-order valence-corrected chi connectivity index (χ1v) is 4.61. The molecule has 0 spiro atoms. The number of halogens is 1. The molecule has 2 aromatic rings. The van der Waals surface area contributed by atoms with Crippen molar-refractivity contribution in [3.05, 3.63) is 40.1 Å². The molecule has 1 aromatic carbocycles. The largest absolute Gasteiger partial charge is 0.355 e. The fourth-order valence-electron chi connectivity index (χ4n) is 1.01. The third-order valence-corrected chi connectivity index (χ3v) is 2.33. The predicted molar refractivity (Wildman–Crippen MR) is 54.7 cm³/mol. The second-order valence-corrected chi connectivity index (χ2v) is 3.53. The second-order valence-electron chi connectivity index (χ2n) is 2.37. The summed E-state index contributed by atoms with van der Waals surface area (Å²) in [5.41, 5.74) is 1.07. The lowest BCUT2D eigenvalue weighted by Gasteiger charge is -1.93. The van der Waals surface area contributed by atoms with E-state index in [0.29, 0.717) is 0 Å². The summed E-state index contributed by atoms with van der Waals surface area (Å²) in [7, 11) is 0. The van der Waals surface area contributed by atoms with Gasteiger partial charge in [-0.2, -0.15) is 0 Å². The van der Waals surface area contributed by atoms with Crippen LogP contribution in [0.4, 0.5) is 0 Å². The van der Waals surface area contributed by atoms with Gasteiger partial charge in [0.15, 0.2) is 5.76 Å². The molecule has 0 atom stereocenters. The summed E-state index contributed by atoms with van der Waals surface area (Å²) < 4.78 is 6.13. The maximum absolute atomic E-state index is 5.09. The van der Waals surface area contributed by atoms with Crippen LogP contribution in [0.15, 0.2) is 41.1 Å². The zero-order valence-corrected chi connectivity index (χ0v) is 8.36. The van der Waals surface area contributed by atoms with Gasteiger partial charge in [0.05, 0.1) is 9.77 Å². The normalized spacial score (nSPS) is 10.1. The minimum absolute atomic E-state index is 0.844. The van der Waals surface area contributed by atoms with Crippen LogP contribution in [0.5, 0.6) is 0 Å². The van der Waals surface area contributed by atoms with Crippen LogP contribution >= 0.6 is 22.6 Å². The first-order valence-electron chi connectivity index (χ1n) is 3.53. The van der Waals surface area contributed by atoms with Crippen molar-refractivity contribution in [3.8, 4) is 11.3 Å². The van der Waals surface area contributed by atoms with Crippen LogP contribution in [-0.4, -0.2) is 5.16 Å². The van der Waals surface area contributed by atoms with Gasteiger partial charge in [-0.05, 0) is 22.6 Å². The van der Waals surface area contributed by atoms with Gasteiger partial charge in [-0.3, -0.25) is 0 Å². The number of hydrogen-bond acceptors (Lipinski definition) is 2. The molecule has 0 aliphatic heterocycles. The Morgan fingerprint density at radius 1 is 1.17 bits per heavy atom. The molecule has 0 unspecified atom stereocenters. The summed E-state index contributed by atoms with van der Waals surface area (Å²) in [6.07, 6.45) is 1.71. The molecule has 0 saturated carbocycles. The number of nitrogens with zero attached hydrogens (tertiary/aromatic N) is 1. The van der Waals surface area contributed by atoms with Gasteiger partial charge in [-0.1, -0.05) is 35.5 Å². The predicted octanol–water partition coefficient (Wildman–Crippen LogP) is 2.95. The number of benzene rings is 1. The van der Waals surface area contributed by atoms with Crippen LogP contribution in [0.3, 0.4) is 0 Å². The maximum atomic E-state index is 5.09.